The zero-order valence-electron chi connectivity index (χ0n) is 37.2. The van der Waals surface area contributed by atoms with Crippen LogP contribution in [0.25, 0.3) is 0 Å². The molecular weight excluding hydrogens is 848 g/mol. The van der Waals surface area contributed by atoms with Crippen LogP contribution in [0, 0.1) is 23.2 Å². The van der Waals surface area contributed by atoms with Crippen molar-refractivity contribution in [2.75, 3.05) is 32.9 Å². The van der Waals surface area contributed by atoms with Crippen LogP contribution in [0.5, 0.6) is 0 Å². The Morgan fingerprint density at radius 3 is 2.23 bits per heavy atom. The number of hydrogen-bond acceptors (Lipinski definition) is 18. The molecule has 1 aromatic rings. The van der Waals surface area contributed by atoms with E-state index in [0.717, 1.165) is 0 Å². The minimum Gasteiger partial charge on any atom is -0.481 e. The third-order valence-electron chi connectivity index (χ3n) is 12.1. The Morgan fingerprint density at radius 2 is 1.58 bits per heavy atom. The smallest absolute Gasteiger partial charge is 0.335 e. The number of hydrogen-bond donors (Lipinski definition) is 7. The summed E-state index contributed by atoms with van der Waals surface area (Å²) in [5.41, 5.74) is 6.02. The summed E-state index contributed by atoms with van der Waals surface area (Å²) in [4.78, 5) is 66.4. The Morgan fingerprint density at radius 1 is 0.875 bits per heavy atom. The van der Waals surface area contributed by atoms with Gasteiger partial charge in [-0.25, -0.2) is 9.48 Å². The van der Waals surface area contributed by atoms with Crippen molar-refractivity contribution in [2.45, 2.75) is 160 Å². The molecule has 4 aliphatic heterocycles. The summed E-state index contributed by atoms with van der Waals surface area (Å²) in [6.07, 6.45) is -11.9. The zero-order valence-corrected chi connectivity index (χ0v) is 37.2. The molecular formula is C41H66N6O17. The number of aliphatic carboxylic acids is 2. The molecule has 4 unspecified atom stereocenters. The molecule has 5 rings (SSSR count). The minimum absolute atomic E-state index is 0.0395. The van der Waals surface area contributed by atoms with Gasteiger partial charge in [0.1, 0.15) is 36.2 Å². The van der Waals surface area contributed by atoms with Crippen LogP contribution >= 0.6 is 0 Å². The van der Waals surface area contributed by atoms with Crippen LogP contribution in [-0.4, -0.2) is 192 Å². The van der Waals surface area contributed by atoms with Crippen molar-refractivity contribution in [2.24, 2.45) is 28.9 Å². The number of aromatic nitrogens is 3. The summed E-state index contributed by atoms with van der Waals surface area (Å²) >= 11 is 0. The van der Waals surface area contributed by atoms with Gasteiger partial charge in [-0.15, -0.1) is 5.10 Å². The van der Waals surface area contributed by atoms with E-state index in [2.05, 4.69) is 10.3 Å². The number of unbranched alkanes of at least 4 members (excludes halogenated alkanes) is 2. The molecule has 0 radical (unpaired) electrons. The number of rotatable bonds is 22. The van der Waals surface area contributed by atoms with Crippen molar-refractivity contribution in [1.82, 2.24) is 24.8 Å². The van der Waals surface area contributed by atoms with Gasteiger partial charge in [-0.1, -0.05) is 39.8 Å². The number of likely N-dealkylation sites (tertiary alicyclic amines) is 1. The largest absolute Gasteiger partial charge is 0.481 e. The Labute approximate surface area is 371 Å². The Bertz CT molecular complexity index is 1760. The van der Waals surface area contributed by atoms with E-state index < -0.39 is 85.1 Å². The van der Waals surface area contributed by atoms with Gasteiger partial charge in [-0.3, -0.25) is 24.1 Å². The number of nitrogens with two attached hydrogens (primary N) is 1. The summed E-state index contributed by atoms with van der Waals surface area (Å²) in [5.74, 6) is -4.37. The number of carboxylic acids is 2. The summed E-state index contributed by atoms with van der Waals surface area (Å²) in [6.45, 7) is 12.2. The minimum atomic E-state index is -1.84. The van der Waals surface area contributed by atoms with E-state index in [9.17, 15) is 54.6 Å². The zero-order chi connectivity index (χ0) is 47.2. The number of amides is 3. The number of fused-ring (bicyclic) bond motifs is 1. The molecule has 14 atom stereocenters. The molecule has 23 nitrogen and oxygen atoms in total. The molecule has 1 aromatic heterocycles. The van der Waals surface area contributed by atoms with Crippen molar-refractivity contribution in [3.8, 4) is 0 Å². The monoisotopic (exact) mass is 914 g/mol. The Kier molecular flexibility index (Phi) is 17.7. The molecule has 0 aromatic carbocycles. The van der Waals surface area contributed by atoms with Crippen molar-refractivity contribution < 1.29 is 83.0 Å². The second-order valence-corrected chi connectivity index (χ2v) is 18.4. The summed E-state index contributed by atoms with van der Waals surface area (Å²) in [7, 11) is 0. The second kappa shape index (κ2) is 22.2. The van der Waals surface area contributed by atoms with Crippen LogP contribution in [0.3, 0.4) is 0 Å². The first kappa shape index (κ1) is 51.2. The lowest BCUT2D eigenvalue weighted by Crippen LogP contribution is -2.66. The van der Waals surface area contributed by atoms with Crippen LogP contribution in [0.2, 0.25) is 0 Å². The molecule has 23 heteroatoms. The number of aliphatic hydroxyl groups excluding tert-OH is 4. The normalized spacial score (nSPS) is 33.2. The second-order valence-electron chi connectivity index (χ2n) is 18.4. The van der Waals surface area contributed by atoms with Crippen molar-refractivity contribution in [3.05, 3.63) is 11.9 Å². The average Bonchev–Trinajstić information content (AvgIpc) is 3.93. The number of aliphatic hydroxyl groups is 4. The highest BCUT2D eigenvalue weighted by atomic mass is 16.7. The number of carbonyl (C=O) groups is 5. The highest BCUT2D eigenvalue weighted by Gasteiger charge is 2.62. The number of carboxylic acid groups (broad SMARTS) is 2. The molecule has 0 bridgehead atoms. The van der Waals surface area contributed by atoms with Crippen molar-refractivity contribution >= 4 is 29.7 Å². The van der Waals surface area contributed by atoms with Gasteiger partial charge in [0.2, 0.25) is 17.7 Å². The van der Waals surface area contributed by atoms with E-state index >= 15 is 0 Å². The predicted octanol–water partition coefficient (Wildman–Crippen LogP) is -1.54. The lowest BCUT2D eigenvalue weighted by atomic mass is 9.77. The van der Waals surface area contributed by atoms with Gasteiger partial charge in [0.15, 0.2) is 18.7 Å². The molecule has 3 amide bonds. The van der Waals surface area contributed by atoms with Crippen molar-refractivity contribution in [1.29, 1.82) is 0 Å². The number of ether oxygens (including phenoxy) is 6. The first-order valence-electron chi connectivity index (χ1n) is 21.9. The van der Waals surface area contributed by atoms with Gasteiger partial charge in [0, 0.05) is 19.5 Å². The molecule has 8 N–H and O–H groups in total. The SMILES string of the molecule is CC1O[C@H](O[C@@H]2C(C(=O)O)O[C@@H](OCCOCCn3cc(CN(CCCCCN4C(=O)[C@@H]5[C@H](C4=O)[C@H](C(C)(C)C)O[C@@H]5C(C)C)C(=O)CCC(=O)O)nn3)C(O)[C@H]2O)C(N)[C@@H](O)[C@@H]1O. The van der Waals surface area contributed by atoms with Gasteiger partial charge in [0.05, 0.1) is 81.7 Å². The van der Waals surface area contributed by atoms with Gasteiger partial charge in [0.25, 0.3) is 0 Å². The average molecular weight is 915 g/mol. The molecule has 0 saturated carbocycles. The fraction of sp³-hybridized carbons (Fsp3) is 0.829. The first-order valence-corrected chi connectivity index (χ1v) is 21.9. The molecule has 64 heavy (non-hydrogen) atoms. The summed E-state index contributed by atoms with van der Waals surface area (Å²) in [6, 6.07) is -1.30. The van der Waals surface area contributed by atoms with Crippen LogP contribution < -0.4 is 5.73 Å². The maximum absolute atomic E-state index is 13.6. The number of carbonyl (C=O) groups excluding carboxylic acids is 3. The number of imide groups is 1. The van der Waals surface area contributed by atoms with E-state index in [1.807, 2.05) is 34.6 Å². The number of nitrogens with zero attached hydrogens (tertiary/aromatic N) is 5. The molecule has 4 aliphatic rings. The maximum Gasteiger partial charge on any atom is 0.335 e. The Balaban J connectivity index is 1.05. The van der Waals surface area contributed by atoms with Crippen LogP contribution in [0.15, 0.2) is 6.20 Å². The van der Waals surface area contributed by atoms with Gasteiger partial charge >= 0.3 is 11.9 Å². The lowest BCUT2D eigenvalue weighted by molar-refractivity contribution is -0.337. The molecule has 5 heterocycles. The van der Waals surface area contributed by atoms with Crippen LogP contribution in [-0.2, 0) is 65.5 Å². The molecule has 0 aliphatic carbocycles. The summed E-state index contributed by atoms with van der Waals surface area (Å²) < 4.78 is 35.3. The molecule has 4 saturated heterocycles. The highest BCUT2D eigenvalue weighted by Crippen LogP contribution is 2.48. The third-order valence-corrected chi connectivity index (χ3v) is 12.1. The van der Waals surface area contributed by atoms with E-state index in [0.29, 0.717) is 25.0 Å². The van der Waals surface area contributed by atoms with Crippen LogP contribution in [0.1, 0.15) is 79.3 Å². The van der Waals surface area contributed by atoms with E-state index in [1.54, 1.807) is 6.20 Å². The molecule has 0 spiro atoms. The van der Waals surface area contributed by atoms with Gasteiger partial charge < -0.3 is 69.7 Å². The summed E-state index contributed by atoms with van der Waals surface area (Å²) in [5, 5.41) is 68.9. The Hall–Kier alpha value is -3.75. The molecule has 362 valence electrons. The van der Waals surface area contributed by atoms with Gasteiger partial charge in [-0.05, 0) is 37.5 Å². The quantitative estimate of drug-likeness (QED) is 0.0512. The topological polar surface area (TPSA) is 325 Å². The predicted molar refractivity (Wildman–Crippen MR) is 217 cm³/mol. The van der Waals surface area contributed by atoms with E-state index in [4.69, 9.17) is 34.2 Å². The maximum atomic E-state index is 13.6. The van der Waals surface area contributed by atoms with E-state index in [1.165, 1.54) is 21.4 Å². The van der Waals surface area contributed by atoms with E-state index in [-0.39, 0.29) is 100 Å². The van der Waals surface area contributed by atoms with Crippen LogP contribution in [0.4, 0.5) is 0 Å². The van der Waals surface area contributed by atoms with Gasteiger partial charge in [-0.2, -0.15) is 0 Å². The highest BCUT2D eigenvalue weighted by molar-refractivity contribution is 6.06. The fourth-order valence-electron chi connectivity index (χ4n) is 8.58. The first-order chi connectivity index (χ1) is 30.1. The standard InChI is InChI=1S/C41H66N6O17/c1-20(2)32-25-26(35(62-32)41(4,5)6)37(56)47(36(25)55)13-9-7-8-12-45(23(48)10-11-24(49)50)18-22-19-46(44-43-22)14-15-59-16-17-60-40-31(54)30(53)33(34(64-40)38(57)58)63-39-27(42)29(52)28(51)21(3)61-39/h19-21,25-35,39-40,51-54H,7-18,42H2,1-6H3,(H,49,50)(H,57,58)/t21?,25-,26+,27?,28-,29-,30-,31?,32-,33+,34?,35-,39-,40-/m1/s1. The lowest BCUT2D eigenvalue weighted by Gasteiger charge is -2.45. The fourth-order valence-corrected chi connectivity index (χ4v) is 8.58. The van der Waals surface area contributed by atoms with Crippen molar-refractivity contribution in [3.63, 3.8) is 0 Å². The third kappa shape index (κ3) is 12.2. The molecule has 4 fully saturated rings.